The summed E-state index contributed by atoms with van der Waals surface area (Å²) in [5.41, 5.74) is 0. The Kier molecular flexibility index (Phi) is 5.02. The number of furan rings is 1. The van der Waals surface area contributed by atoms with Crippen LogP contribution in [0.2, 0.25) is 0 Å². The van der Waals surface area contributed by atoms with E-state index < -0.39 is 11.9 Å². The second-order valence-electron chi connectivity index (χ2n) is 6.99. The molecule has 1 aliphatic heterocycles. The fourth-order valence-electron chi connectivity index (χ4n) is 3.50. The van der Waals surface area contributed by atoms with Gasteiger partial charge in [0, 0.05) is 13.1 Å². The molecule has 0 unspecified atom stereocenters. The van der Waals surface area contributed by atoms with Crippen molar-refractivity contribution in [1.82, 2.24) is 4.90 Å². The summed E-state index contributed by atoms with van der Waals surface area (Å²) in [5.74, 6) is -0.164. The van der Waals surface area contributed by atoms with E-state index in [2.05, 4.69) is 0 Å². The van der Waals surface area contributed by atoms with Crippen molar-refractivity contribution in [2.45, 2.75) is 19.4 Å². The molecule has 1 saturated heterocycles. The molecule has 144 valence electrons. The van der Waals surface area contributed by atoms with Gasteiger partial charge in [0.05, 0.1) is 5.92 Å². The van der Waals surface area contributed by atoms with Crippen LogP contribution in [0.5, 0.6) is 5.75 Å². The van der Waals surface area contributed by atoms with Crippen molar-refractivity contribution in [3.63, 3.8) is 0 Å². The Morgan fingerprint density at radius 3 is 2.75 bits per heavy atom. The highest BCUT2D eigenvalue weighted by atomic mass is 16.5. The molecule has 0 aliphatic carbocycles. The number of likely N-dealkylation sites (tertiary alicyclic amines) is 1. The topological polar surface area (TPSA) is 80.0 Å². The fourth-order valence-corrected chi connectivity index (χ4v) is 3.50. The van der Waals surface area contributed by atoms with Crippen LogP contribution in [-0.2, 0) is 11.4 Å². The molecule has 6 nitrogen and oxygen atoms in total. The molecular weight excluding hydrogens is 358 g/mol. The second kappa shape index (κ2) is 7.76. The zero-order valence-electron chi connectivity index (χ0n) is 15.3. The molecule has 28 heavy (non-hydrogen) atoms. The predicted molar refractivity (Wildman–Crippen MR) is 103 cm³/mol. The lowest BCUT2D eigenvalue weighted by molar-refractivity contribution is -0.143. The summed E-state index contributed by atoms with van der Waals surface area (Å²) >= 11 is 0. The Morgan fingerprint density at radius 1 is 1.11 bits per heavy atom. The third-order valence-electron chi connectivity index (χ3n) is 5.03. The molecule has 1 fully saturated rings. The number of hydrogen-bond acceptors (Lipinski definition) is 4. The number of carboxylic acid groups (broad SMARTS) is 1. The van der Waals surface area contributed by atoms with Gasteiger partial charge in [-0.15, -0.1) is 0 Å². The number of hydrogen-bond donors (Lipinski definition) is 1. The number of fused-ring (bicyclic) bond motifs is 1. The van der Waals surface area contributed by atoms with Crippen LogP contribution in [-0.4, -0.2) is 35.0 Å². The van der Waals surface area contributed by atoms with Crippen molar-refractivity contribution >= 4 is 22.6 Å². The third-order valence-corrected chi connectivity index (χ3v) is 5.03. The zero-order chi connectivity index (χ0) is 19.5. The van der Waals surface area contributed by atoms with Gasteiger partial charge >= 0.3 is 5.97 Å². The minimum Gasteiger partial charge on any atom is -0.486 e. The molecule has 3 aromatic rings. The summed E-state index contributed by atoms with van der Waals surface area (Å²) in [5, 5.41) is 11.4. The molecule has 2 aromatic carbocycles. The molecule has 4 rings (SSSR count). The maximum Gasteiger partial charge on any atom is 0.308 e. The van der Waals surface area contributed by atoms with E-state index in [0.29, 0.717) is 25.1 Å². The van der Waals surface area contributed by atoms with Crippen LogP contribution in [0.15, 0.2) is 59.0 Å². The van der Waals surface area contributed by atoms with Gasteiger partial charge in [0.15, 0.2) is 5.76 Å². The highest BCUT2D eigenvalue weighted by Gasteiger charge is 2.29. The minimum absolute atomic E-state index is 0.211. The number of aliphatic carboxylic acids is 1. The van der Waals surface area contributed by atoms with E-state index in [1.165, 1.54) is 0 Å². The van der Waals surface area contributed by atoms with Crippen LogP contribution >= 0.6 is 0 Å². The highest BCUT2D eigenvalue weighted by Crippen LogP contribution is 2.23. The van der Waals surface area contributed by atoms with Crippen LogP contribution in [0.25, 0.3) is 10.8 Å². The van der Waals surface area contributed by atoms with Gasteiger partial charge in [-0.2, -0.15) is 0 Å². The second-order valence-corrected chi connectivity index (χ2v) is 6.99. The number of carbonyl (C=O) groups is 2. The SMILES string of the molecule is O=C(O)[C@H]1CCCN(C(=O)c2ccc(COc3ccc4ccccc4c3)o2)C1. The Labute approximate surface area is 162 Å². The molecule has 0 radical (unpaired) electrons. The van der Waals surface area contributed by atoms with Gasteiger partial charge in [-0.3, -0.25) is 9.59 Å². The highest BCUT2D eigenvalue weighted by molar-refractivity contribution is 5.92. The minimum atomic E-state index is -0.860. The molecule has 0 spiro atoms. The molecule has 0 saturated carbocycles. The van der Waals surface area contributed by atoms with Gasteiger partial charge in [-0.1, -0.05) is 30.3 Å². The van der Waals surface area contributed by atoms with Crippen molar-refractivity contribution in [3.8, 4) is 5.75 Å². The average Bonchev–Trinajstić information content (AvgIpc) is 3.20. The maximum atomic E-state index is 12.6. The summed E-state index contributed by atoms with van der Waals surface area (Å²) < 4.78 is 11.4. The van der Waals surface area contributed by atoms with Gasteiger partial charge in [0.2, 0.25) is 0 Å². The number of piperidine rings is 1. The summed E-state index contributed by atoms with van der Waals surface area (Å²) in [6.07, 6.45) is 1.28. The molecule has 1 aromatic heterocycles. The first-order valence-electron chi connectivity index (χ1n) is 9.32. The third kappa shape index (κ3) is 3.86. The molecule has 1 atom stereocenters. The monoisotopic (exact) mass is 379 g/mol. The molecule has 6 heteroatoms. The normalized spacial score (nSPS) is 16.9. The number of rotatable bonds is 5. The first-order valence-corrected chi connectivity index (χ1v) is 9.32. The van der Waals surface area contributed by atoms with Crippen LogP contribution < -0.4 is 4.74 Å². The lowest BCUT2D eigenvalue weighted by Crippen LogP contribution is -2.42. The van der Waals surface area contributed by atoms with Crippen LogP contribution in [0.4, 0.5) is 0 Å². The van der Waals surface area contributed by atoms with E-state index in [4.69, 9.17) is 9.15 Å². The van der Waals surface area contributed by atoms with Gasteiger partial charge in [0.1, 0.15) is 18.1 Å². The predicted octanol–water partition coefficient (Wildman–Crippen LogP) is 3.95. The molecule has 0 bridgehead atoms. The van der Waals surface area contributed by atoms with E-state index >= 15 is 0 Å². The molecular formula is C22H21NO5. The number of carboxylic acids is 1. The van der Waals surface area contributed by atoms with E-state index in [-0.39, 0.29) is 24.8 Å². The Bertz CT molecular complexity index is 1010. The number of ether oxygens (including phenoxy) is 1. The smallest absolute Gasteiger partial charge is 0.308 e. The number of carbonyl (C=O) groups excluding carboxylic acids is 1. The Balaban J connectivity index is 1.39. The van der Waals surface area contributed by atoms with Crippen molar-refractivity contribution in [2.24, 2.45) is 5.92 Å². The van der Waals surface area contributed by atoms with E-state index in [1.807, 2.05) is 42.5 Å². The van der Waals surface area contributed by atoms with Gasteiger partial charge in [-0.05, 0) is 47.9 Å². The first kappa shape index (κ1) is 18.1. The molecule has 2 heterocycles. The summed E-state index contributed by atoms with van der Waals surface area (Å²) in [6, 6.07) is 17.2. The molecule has 1 aliphatic rings. The Hall–Kier alpha value is -3.28. The van der Waals surface area contributed by atoms with Crippen molar-refractivity contribution in [3.05, 3.63) is 66.1 Å². The number of benzene rings is 2. The molecule has 1 amide bonds. The van der Waals surface area contributed by atoms with Crippen LogP contribution in [0.3, 0.4) is 0 Å². The maximum absolute atomic E-state index is 12.6. The van der Waals surface area contributed by atoms with Crippen molar-refractivity contribution < 1.29 is 23.8 Å². The lowest BCUT2D eigenvalue weighted by Gasteiger charge is -2.29. The van der Waals surface area contributed by atoms with E-state index in [9.17, 15) is 14.7 Å². The van der Waals surface area contributed by atoms with Crippen LogP contribution in [0, 0.1) is 5.92 Å². The largest absolute Gasteiger partial charge is 0.486 e. The van der Waals surface area contributed by atoms with Gasteiger partial charge in [0.25, 0.3) is 5.91 Å². The zero-order valence-corrected chi connectivity index (χ0v) is 15.3. The van der Waals surface area contributed by atoms with E-state index in [0.717, 1.165) is 16.5 Å². The van der Waals surface area contributed by atoms with Crippen molar-refractivity contribution in [2.75, 3.05) is 13.1 Å². The summed E-state index contributed by atoms with van der Waals surface area (Å²) in [4.78, 5) is 25.3. The lowest BCUT2D eigenvalue weighted by atomic mass is 9.98. The number of amides is 1. The van der Waals surface area contributed by atoms with Crippen molar-refractivity contribution in [1.29, 1.82) is 0 Å². The summed E-state index contributed by atoms with van der Waals surface area (Å²) in [7, 11) is 0. The molecule has 1 N–H and O–H groups in total. The van der Waals surface area contributed by atoms with E-state index in [1.54, 1.807) is 17.0 Å². The quantitative estimate of drug-likeness (QED) is 0.726. The van der Waals surface area contributed by atoms with Gasteiger partial charge < -0.3 is 19.2 Å². The first-order chi connectivity index (χ1) is 13.6. The Morgan fingerprint density at radius 2 is 1.93 bits per heavy atom. The fraction of sp³-hybridized carbons (Fsp3) is 0.273. The number of nitrogens with zero attached hydrogens (tertiary/aromatic N) is 1. The summed E-state index contributed by atoms with van der Waals surface area (Å²) in [6.45, 7) is 0.980. The standard InChI is InChI=1S/C22H21NO5/c24-21(23-11-3-6-17(13-23)22(25)26)20-10-9-19(28-20)14-27-18-8-7-15-4-1-2-5-16(15)12-18/h1-2,4-5,7-10,12,17H,3,6,11,13-14H2,(H,25,26)/t17-/m0/s1. The van der Waals surface area contributed by atoms with Crippen LogP contribution in [0.1, 0.15) is 29.2 Å². The average molecular weight is 379 g/mol. The van der Waals surface area contributed by atoms with Gasteiger partial charge in [-0.25, -0.2) is 0 Å².